The number of nitrogens with zero attached hydrogens (tertiary/aromatic N) is 2. The summed E-state index contributed by atoms with van der Waals surface area (Å²) in [7, 11) is 0. The SMILES string of the molecule is c1cc2c([n+](CCCC[n+]3cccc4c3CCC4)c1)CCC2. The van der Waals surface area contributed by atoms with Gasteiger partial charge >= 0.3 is 0 Å². The maximum atomic E-state index is 2.50. The summed E-state index contributed by atoms with van der Waals surface area (Å²) in [6.45, 7) is 2.36. The molecule has 22 heavy (non-hydrogen) atoms. The summed E-state index contributed by atoms with van der Waals surface area (Å²) in [6.07, 6.45) is 14.9. The number of fused-ring (bicyclic) bond motifs is 2. The molecule has 0 saturated heterocycles. The molecule has 2 aromatic heterocycles. The maximum Gasteiger partial charge on any atom is 0.184 e. The van der Waals surface area contributed by atoms with E-state index in [1.54, 1.807) is 22.5 Å². The first-order valence-corrected chi connectivity index (χ1v) is 8.92. The molecule has 0 aliphatic heterocycles. The minimum atomic E-state index is 1.18. The number of hydrogen-bond acceptors (Lipinski definition) is 0. The average Bonchev–Trinajstić information content (AvgIpc) is 3.20. The predicted octanol–water partition coefficient (Wildman–Crippen LogP) is 2.72. The molecule has 0 bridgehead atoms. The van der Waals surface area contributed by atoms with Crippen LogP contribution in [0.3, 0.4) is 0 Å². The van der Waals surface area contributed by atoms with Crippen LogP contribution in [0.25, 0.3) is 0 Å². The topological polar surface area (TPSA) is 7.76 Å². The normalized spacial score (nSPS) is 15.8. The Morgan fingerprint density at radius 3 is 1.68 bits per heavy atom. The minimum Gasteiger partial charge on any atom is -0.202 e. The Kier molecular flexibility index (Phi) is 3.92. The van der Waals surface area contributed by atoms with E-state index in [4.69, 9.17) is 0 Å². The molecule has 0 radical (unpaired) electrons. The first kappa shape index (κ1) is 13.9. The van der Waals surface area contributed by atoms with Crippen molar-refractivity contribution in [2.45, 2.75) is 64.5 Å². The quantitative estimate of drug-likeness (QED) is 0.592. The highest BCUT2D eigenvalue weighted by molar-refractivity contribution is 5.20. The molecule has 0 amide bonds. The molecule has 0 saturated carbocycles. The van der Waals surface area contributed by atoms with Crippen molar-refractivity contribution in [1.29, 1.82) is 0 Å². The third-order valence-corrected chi connectivity index (χ3v) is 5.33. The standard InChI is InChI=1S/C20H26N2/c1(13-21-15-5-9-17-7-3-11-19(17)21)2-14-22-16-6-10-18-8-4-12-20(18)22/h5-6,9-10,15-16H,1-4,7-8,11-14H2/q+2. The van der Waals surface area contributed by atoms with Crippen LogP contribution in [0.1, 0.15) is 48.2 Å². The number of pyridine rings is 2. The lowest BCUT2D eigenvalue weighted by atomic mass is 10.2. The summed E-state index contributed by atoms with van der Waals surface area (Å²) < 4.78 is 5.00. The van der Waals surface area contributed by atoms with E-state index in [0.717, 1.165) is 0 Å². The summed E-state index contributed by atoms with van der Waals surface area (Å²) in [5.74, 6) is 0. The van der Waals surface area contributed by atoms with Gasteiger partial charge < -0.3 is 0 Å². The molecule has 2 heterocycles. The summed E-state index contributed by atoms with van der Waals surface area (Å²) >= 11 is 0. The van der Waals surface area contributed by atoms with Gasteiger partial charge in [-0.25, -0.2) is 9.13 Å². The van der Waals surface area contributed by atoms with Gasteiger partial charge in [0.15, 0.2) is 23.8 Å². The van der Waals surface area contributed by atoms with Gasteiger partial charge in [-0.1, -0.05) is 0 Å². The van der Waals surface area contributed by atoms with Gasteiger partial charge in [0, 0.05) is 48.9 Å². The van der Waals surface area contributed by atoms with Gasteiger partial charge in [0.05, 0.1) is 0 Å². The Morgan fingerprint density at radius 1 is 0.682 bits per heavy atom. The molecule has 0 aromatic carbocycles. The van der Waals surface area contributed by atoms with Crippen LogP contribution in [0.2, 0.25) is 0 Å². The summed E-state index contributed by atoms with van der Waals surface area (Å²) in [4.78, 5) is 0. The molecule has 2 nitrogen and oxygen atoms in total. The first-order chi connectivity index (χ1) is 10.9. The van der Waals surface area contributed by atoms with Crippen molar-refractivity contribution in [3.8, 4) is 0 Å². The van der Waals surface area contributed by atoms with Gasteiger partial charge in [0.2, 0.25) is 0 Å². The second-order valence-corrected chi connectivity index (χ2v) is 6.76. The second-order valence-electron chi connectivity index (χ2n) is 6.76. The third kappa shape index (κ3) is 2.67. The number of rotatable bonds is 5. The summed E-state index contributed by atoms with van der Waals surface area (Å²) in [5, 5.41) is 0. The first-order valence-electron chi connectivity index (χ1n) is 8.92. The molecule has 2 aliphatic carbocycles. The molecule has 0 spiro atoms. The van der Waals surface area contributed by atoms with E-state index < -0.39 is 0 Å². The molecule has 0 N–H and O–H groups in total. The van der Waals surface area contributed by atoms with Crippen LogP contribution >= 0.6 is 0 Å². The number of hydrogen-bond donors (Lipinski definition) is 0. The fourth-order valence-corrected chi connectivity index (χ4v) is 4.21. The van der Waals surface area contributed by atoms with Crippen molar-refractivity contribution in [1.82, 2.24) is 0 Å². The van der Waals surface area contributed by atoms with E-state index in [2.05, 4.69) is 45.8 Å². The molecular weight excluding hydrogens is 268 g/mol. The van der Waals surface area contributed by atoms with Gasteiger partial charge in [0.1, 0.15) is 13.1 Å². The molecule has 114 valence electrons. The Hall–Kier alpha value is -1.70. The lowest BCUT2D eigenvalue weighted by Crippen LogP contribution is -2.40. The van der Waals surface area contributed by atoms with Crippen LogP contribution in [0, 0.1) is 0 Å². The van der Waals surface area contributed by atoms with Crippen molar-refractivity contribution in [2.24, 2.45) is 0 Å². The maximum absolute atomic E-state index is 2.50. The Balaban J connectivity index is 1.35. The number of unbranched alkanes of at least 4 members (excludes halogenated alkanes) is 1. The highest BCUT2D eigenvalue weighted by Crippen LogP contribution is 2.18. The van der Waals surface area contributed by atoms with Crippen molar-refractivity contribution >= 4 is 0 Å². The van der Waals surface area contributed by atoms with Crippen molar-refractivity contribution in [2.75, 3.05) is 0 Å². The van der Waals surface area contributed by atoms with Gasteiger partial charge in [-0.2, -0.15) is 0 Å². The Bertz CT molecular complexity index is 616. The number of aryl methyl sites for hydroxylation is 4. The number of aromatic nitrogens is 2. The van der Waals surface area contributed by atoms with E-state index in [0.29, 0.717) is 0 Å². The van der Waals surface area contributed by atoms with Crippen LogP contribution in [0.15, 0.2) is 36.7 Å². The van der Waals surface area contributed by atoms with E-state index in [1.165, 1.54) is 64.5 Å². The third-order valence-electron chi connectivity index (χ3n) is 5.33. The molecular formula is C20H26N2+2. The van der Waals surface area contributed by atoms with Crippen molar-refractivity contribution in [3.63, 3.8) is 0 Å². The van der Waals surface area contributed by atoms with Crippen LogP contribution in [-0.2, 0) is 38.8 Å². The Labute approximate surface area is 133 Å². The van der Waals surface area contributed by atoms with E-state index in [-0.39, 0.29) is 0 Å². The Morgan fingerprint density at radius 2 is 1.18 bits per heavy atom. The smallest absolute Gasteiger partial charge is 0.184 e. The lowest BCUT2D eigenvalue weighted by Gasteiger charge is -2.04. The van der Waals surface area contributed by atoms with Crippen LogP contribution in [0.5, 0.6) is 0 Å². The highest BCUT2D eigenvalue weighted by atomic mass is 15.0. The van der Waals surface area contributed by atoms with Gasteiger partial charge in [-0.3, -0.25) is 0 Å². The monoisotopic (exact) mass is 294 g/mol. The molecule has 4 rings (SSSR count). The molecule has 2 aromatic rings. The van der Waals surface area contributed by atoms with E-state index >= 15 is 0 Å². The summed E-state index contributed by atoms with van der Waals surface area (Å²) in [5.41, 5.74) is 6.35. The van der Waals surface area contributed by atoms with Crippen LogP contribution < -0.4 is 9.13 Å². The zero-order chi connectivity index (χ0) is 14.8. The predicted molar refractivity (Wildman–Crippen MR) is 86.6 cm³/mol. The average molecular weight is 294 g/mol. The minimum absolute atomic E-state index is 1.18. The zero-order valence-electron chi connectivity index (χ0n) is 13.4. The van der Waals surface area contributed by atoms with E-state index in [1.807, 2.05) is 0 Å². The fraction of sp³-hybridized carbons (Fsp3) is 0.500. The molecule has 0 atom stereocenters. The molecule has 0 unspecified atom stereocenters. The van der Waals surface area contributed by atoms with Gasteiger partial charge in [-0.15, -0.1) is 0 Å². The second kappa shape index (κ2) is 6.20. The molecule has 0 fully saturated rings. The van der Waals surface area contributed by atoms with Gasteiger partial charge in [-0.05, 0) is 37.8 Å². The van der Waals surface area contributed by atoms with Crippen LogP contribution in [-0.4, -0.2) is 0 Å². The van der Waals surface area contributed by atoms with Crippen molar-refractivity contribution < 1.29 is 9.13 Å². The van der Waals surface area contributed by atoms with E-state index in [9.17, 15) is 0 Å². The largest absolute Gasteiger partial charge is 0.202 e. The zero-order valence-corrected chi connectivity index (χ0v) is 13.4. The highest BCUT2D eigenvalue weighted by Gasteiger charge is 2.22. The fourth-order valence-electron chi connectivity index (χ4n) is 4.21. The van der Waals surface area contributed by atoms with Crippen molar-refractivity contribution in [3.05, 3.63) is 59.2 Å². The molecule has 2 heteroatoms. The summed E-state index contributed by atoms with van der Waals surface area (Å²) in [6, 6.07) is 9.07. The van der Waals surface area contributed by atoms with Crippen LogP contribution in [0.4, 0.5) is 0 Å². The molecule has 2 aliphatic rings. The van der Waals surface area contributed by atoms with Gasteiger partial charge in [0.25, 0.3) is 0 Å². The lowest BCUT2D eigenvalue weighted by molar-refractivity contribution is -0.714.